The molecule has 0 saturated heterocycles. The highest BCUT2D eigenvalue weighted by atomic mass is 35.5. The van der Waals surface area contributed by atoms with E-state index in [1.54, 1.807) is 42.5 Å². The third-order valence-corrected chi connectivity index (χ3v) is 4.51. The van der Waals surface area contributed by atoms with Crippen LogP contribution in [0.1, 0.15) is 21.5 Å². The van der Waals surface area contributed by atoms with Gasteiger partial charge in [0.05, 0.1) is 5.56 Å². The highest BCUT2D eigenvalue weighted by Gasteiger charge is 2.12. The Morgan fingerprint density at radius 1 is 1.06 bits per heavy atom. The van der Waals surface area contributed by atoms with Crippen molar-refractivity contribution in [3.8, 4) is 11.8 Å². The van der Waals surface area contributed by atoms with Crippen molar-refractivity contribution in [2.75, 3.05) is 5.32 Å². The summed E-state index contributed by atoms with van der Waals surface area (Å²) in [6.07, 6.45) is 1.42. The zero-order chi connectivity index (χ0) is 22.2. The summed E-state index contributed by atoms with van der Waals surface area (Å²) in [5.41, 5.74) is 1.63. The van der Waals surface area contributed by atoms with Crippen LogP contribution in [-0.2, 0) is 11.4 Å². The average molecular weight is 433 g/mol. The number of para-hydroxylation sites is 1. The first-order valence-electron chi connectivity index (χ1n) is 9.19. The van der Waals surface area contributed by atoms with Gasteiger partial charge < -0.3 is 15.2 Å². The number of benzene rings is 3. The summed E-state index contributed by atoms with van der Waals surface area (Å²) in [4.78, 5) is 23.6. The van der Waals surface area contributed by atoms with E-state index in [0.29, 0.717) is 16.3 Å². The van der Waals surface area contributed by atoms with Crippen LogP contribution < -0.4 is 10.1 Å². The molecule has 0 saturated carbocycles. The highest BCUT2D eigenvalue weighted by Crippen LogP contribution is 2.23. The molecule has 0 heterocycles. The molecular weight excluding hydrogens is 416 g/mol. The van der Waals surface area contributed by atoms with Gasteiger partial charge in [-0.25, -0.2) is 4.79 Å². The number of carbonyl (C=O) groups excluding carboxylic acids is 1. The van der Waals surface area contributed by atoms with Crippen molar-refractivity contribution >= 4 is 35.2 Å². The minimum Gasteiger partial charge on any atom is -0.488 e. The van der Waals surface area contributed by atoms with E-state index in [1.165, 1.54) is 24.3 Å². The van der Waals surface area contributed by atoms with Gasteiger partial charge in [-0.15, -0.1) is 0 Å². The number of hydrogen-bond donors (Lipinski definition) is 2. The fraction of sp³-hybridized carbons (Fsp3) is 0.0417. The smallest absolute Gasteiger partial charge is 0.335 e. The third kappa shape index (κ3) is 5.95. The maximum atomic E-state index is 12.5. The summed E-state index contributed by atoms with van der Waals surface area (Å²) in [5, 5.41) is 21.7. The number of ether oxygens (including phenoxy) is 1. The van der Waals surface area contributed by atoms with Gasteiger partial charge in [0.2, 0.25) is 0 Å². The monoisotopic (exact) mass is 432 g/mol. The Labute approximate surface area is 184 Å². The summed E-state index contributed by atoms with van der Waals surface area (Å²) in [6, 6.07) is 21.9. The highest BCUT2D eigenvalue weighted by molar-refractivity contribution is 6.30. The van der Waals surface area contributed by atoms with Gasteiger partial charge in [0.25, 0.3) is 5.91 Å². The van der Waals surface area contributed by atoms with Gasteiger partial charge in [0.1, 0.15) is 24.0 Å². The van der Waals surface area contributed by atoms with E-state index in [9.17, 15) is 14.9 Å². The van der Waals surface area contributed by atoms with Crippen LogP contribution in [0.2, 0.25) is 5.02 Å². The van der Waals surface area contributed by atoms with E-state index in [2.05, 4.69) is 5.32 Å². The molecular formula is C24H17ClN2O4. The van der Waals surface area contributed by atoms with E-state index in [4.69, 9.17) is 21.4 Å². The first-order chi connectivity index (χ1) is 15.0. The van der Waals surface area contributed by atoms with E-state index >= 15 is 0 Å². The molecule has 0 fully saturated rings. The summed E-state index contributed by atoms with van der Waals surface area (Å²) in [7, 11) is 0. The second kappa shape index (κ2) is 10.1. The maximum absolute atomic E-state index is 12.5. The van der Waals surface area contributed by atoms with Gasteiger partial charge in [-0.2, -0.15) is 5.26 Å². The number of amides is 1. The molecule has 0 aliphatic carbocycles. The second-order valence-corrected chi connectivity index (χ2v) is 6.90. The largest absolute Gasteiger partial charge is 0.488 e. The lowest BCUT2D eigenvalue weighted by Crippen LogP contribution is -2.14. The quantitative estimate of drug-likeness (QED) is 0.396. The Hall–Kier alpha value is -4.08. The number of carboxylic acids is 1. The lowest BCUT2D eigenvalue weighted by Gasteiger charge is -2.10. The molecule has 1 amide bonds. The number of nitrogens with zero attached hydrogens (tertiary/aromatic N) is 1. The minimum absolute atomic E-state index is 0.0289. The molecule has 31 heavy (non-hydrogen) atoms. The number of hydrogen-bond acceptors (Lipinski definition) is 4. The van der Waals surface area contributed by atoms with Gasteiger partial charge in [-0.1, -0.05) is 48.0 Å². The zero-order valence-corrected chi connectivity index (χ0v) is 17.0. The first-order valence-corrected chi connectivity index (χ1v) is 9.57. The number of halogens is 1. The van der Waals surface area contributed by atoms with Crippen molar-refractivity contribution in [1.29, 1.82) is 5.26 Å². The van der Waals surface area contributed by atoms with Gasteiger partial charge in [0, 0.05) is 16.3 Å². The van der Waals surface area contributed by atoms with Crippen molar-refractivity contribution in [1.82, 2.24) is 0 Å². The number of rotatable bonds is 7. The van der Waals surface area contributed by atoms with E-state index in [0.717, 1.165) is 5.56 Å². The molecule has 6 nitrogen and oxygen atoms in total. The lowest BCUT2D eigenvalue weighted by molar-refractivity contribution is -0.112. The normalized spacial score (nSPS) is 10.8. The number of carboxylic acid groups (broad SMARTS) is 1. The van der Waals surface area contributed by atoms with Crippen LogP contribution >= 0.6 is 11.6 Å². The van der Waals surface area contributed by atoms with E-state index < -0.39 is 11.9 Å². The molecule has 154 valence electrons. The van der Waals surface area contributed by atoms with Crippen LogP contribution in [0.25, 0.3) is 6.08 Å². The van der Waals surface area contributed by atoms with Crippen LogP contribution in [0, 0.1) is 11.3 Å². The SMILES string of the molecule is N#C/C(=C/c1ccccc1OCc1ccc(Cl)cc1)C(=O)Nc1cccc(C(=O)O)c1. The standard InChI is InChI=1S/C24H17ClN2O4/c25-20-10-8-16(9-11-20)15-31-22-7-2-1-4-17(22)12-19(14-26)23(28)27-21-6-3-5-18(13-21)24(29)30/h1-13H,15H2,(H,27,28)(H,29,30)/b19-12-. The Bertz CT molecular complexity index is 1180. The number of aromatic carboxylic acids is 1. The van der Waals surface area contributed by atoms with E-state index in [-0.39, 0.29) is 23.4 Å². The Kier molecular flexibility index (Phi) is 7.05. The average Bonchev–Trinajstić information content (AvgIpc) is 2.77. The van der Waals surface area contributed by atoms with Crippen molar-refractivity contribution in [2.45, 2.75) is 6.61 Å². The predicted molar refractivity (Wildman–Crippen MR) is 118 cm³/mol. The molecule has 3 aromatic carbocycles. The first kappa shape index (κ1) is 21.6. The molecule has 0 spiro atoms. The van der Waals surface area contributed by atoms with Crippen molar-refractivity contribution in [3.63, 3.8) is 0 Å². The molecule has 0 aliphatic rings. The van der Waals surface area contributed by atoms with Crippen molar-refractivity contribution < 1.29 is 19.4 Å². The number of nitrogens with one attached hydrogen (secondary N) is 1. The third-order valence-electron chi connectivity index (χ3n) is 4.26. The van der Waals surface area contributed by atoms with Gasteiger partial charge in [-0.05, 0) is 48.0 Å². The topological polar surface area (TPSA) is 99.4 Å². The number of nitriles is 1. The van der Waals surface area contributed by atoms with Gasteiger partial charge in [0.15, 0.2) is 0 Å². The summed E-state index contributed by atoms with van der Waals surface area (Å²) < 4.78 is 5.85. The molecule has 2 N–H and O–H groups in total. The summed E-state index contributed by atoms with van der Waals surface area (Å²) >= 11 is 5.89. The molecule has 3 aromatic rings. The van der Waals surface area contributed by atoms with Crippen LogP contribution in [0.15, 0.2) is 78.4 Å². The second-order valence-electron chi connectivity index (χ2n) is 6.46. The zero-order valence-electron chi connectivity index (χ0n) is 16.2. The van der Waals surface area contributed by atoms with Gasteiger partial charge in [-0.3, -0.25) is 4.79 Å². The molecule has 0 aliphatic heterocycles. The predicted octanol–water partition coefficient (Wildman–Crippen LogP) is 5.16. The molecule has 3 rings (SSSR count). The summed E-state index contributed by atoms with van der Waals surface area (Å²) in [6.45, 7) is 0.290. The summed E-state index contributed by atoms with van der Waals surface area (Å²) in [5.74, 6) is -1.26. The molecule has 0 radical (unpaired) electrons. The van der Waals surface area contributed by atoms with Crippen molar-refractivity contribution in [3.05, 3.63) is 100 Å². The molecule has 0 aromatic heterocycles. The molecule has 0 bridgehead atoms. The Balaban J connectivity index is 1.78. The van der Waals surface area contributed by atoms with Crippen molar-refractivity contribution in [2.24, 2.45) is 0 Å². The maximum Gasteiger partial charge on any atom is 0.335 e. The van der Waals surface area contributed by atoms with Crippen LogP contribution in [0.3, 0.4) is 0 Å². The van der Waals surface area contributed by atoms with Crippen LogP contribution in [0.4, 0.5) is 5.69 Å². The Morgan fingerprint density at radius 2 is 1.81 bits per heavy atom. The molecule has 0 atom stereocenters. The number of carbonyl (C=O) groups is 2. The fourth-order valence-electron chi connectivity index (χ4n) is 2.71. The van der Waals surface area contributed by atoms with Crippen LogP contribution in [0.5, 0.6) is 5.75 Å². The fourth-order valence-corrected chi connectivity index (χ4v) is 2.83. The lowest BCUT2D eigenvalue weighted by atomic mass is 10.1. The van der Waals surface area contributed by atoms with E-state index in [1.807, 2.05) is 18.2 Å². The molecule has 0 unspecified atom stereocenters. The van der Waals surface area contributed by atoms with Gasteiger partial charge >= 0.3 is 5.97 Å². The minimum atomic E-state index is -1.11. The molecule has 7 heteroatoms. The number of anilines is 1. The Morgan fingerprint density at radius 3 is 2.52 bits per heavy atom. The van der Waals surface area contributed by atoms with Crippen LogP contribution in [-0.4, -0.2) is 17.0 Å².